The molecule has 0 radical (unpaired) electrons. The second-order valence-corrected chi connectivity index (χ2v) is 4.10. The van der Waals surface area contributed by atoms with Gasteiger partial charge in [0.15, 0.2) is 0 Å². The van der Waals surface area contributed by atoms with Crippen molar-refractivity contribution in [2.24, 2.45) is 0 Å². The number of rotatable bonds is 2. The third-order valence-electron chi connectivity index (χ3n) is 1.88. The summed E-state index contributed by atoms with van der Waals surface area (Å²) in [5, 5.41) is 0.557. The van der Waals surface area contributed by atoms with E-state index in [2.05, 4.69) is 25.9 Å². The summed E-state index contributed by atoms with van der Waals surface area (Å²) in [5.74, 6) is 0.491. The minimum absolute atomic E-state index is 0.491. The average molecular weight is 288 g/mol. The lowest BCUT2D eigenvalue weighted by Gasteiger charge is -2.04. The molecule has 78 valence electrons. The van der Waals surface area contributed by atoms with E-state index in [1.807, 2.05) is 19.1 Å². The molecule has 3 nitrogen and oxygen atoms in total. The van der Waals surface area contributed by atoms with Crippen molar-refractivity contribution in [2.75, 3.05) is 6.61 Å². The predicted molar refractivity (Wildman–Crippen MR) is 63.4 cm³/mol. The van der Waals surface area contributed by atoms with Crippen LogP contribution < -0.4 is 4.74 Å². The van der Waals surface area contributed by atoms with Gasteiger partial charge < -0.3 is 4.74 Å². The summed E-state index contributed by atoms with van der Waals surface area (Å²) in [7, 11) is 0. The Morgan fingerprint density at radius 2 is 2.27 bits per heavy atom. The molecule has 2 aromatic rings. The van der Waals surface area contributed by atoms with Gasteiger partial charge in [-0.25, -0.2) is 9.97 Å². The summed E-state index contributed by atoms with van der Waals surface area (Å²) in [5.41, 5.74) is 1.41. The molecule has 1 aromatic carbocycles. The molecule has 5 heteroatoms. The minimum atomic E-state index is 0.491. The van der Waals surface area contributed by atoms with Crippen molar-refractivity contribution in [1.29, 1.82) is 0 Å². The summed E-state index contributed by atoms with van der Waals surface area (Å²) in [6.45, 7) is 2.46. The Balaban J connectivity index is 2.63. The highest BCUT2D eigenvalue weighted by Gasteiger charge is 2.07. The van der Waals surface area contributed by atoms with Gasteiger partial charge in [0.25, 0.3) is 0 Å². The number of aromatic nitrogens is 2. The maximum absolute atomic E-state index is 6.09. The molecule has 0 saturated carbocycles. The van der Waals surface area contributed by atoms with Crippen molar-refractivity contribution >= 4 is 38.6 Å². The van der Waals surface area contributed by atoms with Gasteiger partial charge in [-0.3, -0.25) is 0 Å². The minimum Gasteiger partial charge on any atom is -0.477 e. The van der Waals surface area contributed by atoms with E-state index >= 15 is 0 Å². The first-order chi connectivity index (χ1) is 7.22. The van der Waals surface area contributed by atoms with Gasteiger partial charge in [-0.2, -0.15) is 0 Å². The average Bonchev–Trinajstić information content (AvgIpc) is 2.25. The van der Waals surface area contributed by atoms with Gasteiger partial charge in [0.2, 0.25) is 5.88 Å². The fraction of sp³-hybridized carbons (Fsp3) is 0.200. The number of halogens is 2. The number of hydrogen-bond donors (Lipinski definition) is 0. The molecule has 0 aliphatic rings. The van der Waals surface area contributed by atoms with Gasteiger partial charge in [-0.1, -0.05) is 11.6 Å². The van der Waals surface area contributed by atoms with Crippen molar-refractivity contribution in [3.05, 3.63) is 27.8 Å². The van der Waals surface area contributed by atoms with Gasteiger partial charge in [-0.05, 0) is 35.0 Å². The van der Waals surface area contributed by atoms with Crippen LogP contribution in [0.25, 0.3) is 11.0 Å². The van der Waals surface area contributed by atoms with Crippen LogP contribution in [-0.2, 0) is 0 Å². The zero-order valence-electron chi connectivity index (χ0n) is 8.00. The van der Waals surface area contributed by atoms with Crippen LogP contribution in [0.4, 0.5) is 0 Å². The van der Waals surface area contributed by atoms with Crippen molar-refractivity contribution in [2.45, 2.75) is 6.92 Å². The SMILES string of the molecule is CCOc1cnc2ccc(Br)c(Cl)c2n1. The topological polar surface area (TPSA) is 35.0 Å². The fourth-order valence-corrected chi connectivity index (χ4v) is 1.74. The molecule has 0 saturated heterocycles. The van der Waals surface area contributed by atoms with Gasteiger partial charge >= 0.3 is 0 Å². The molecule has 0 aliphatic heterocycles. The van der Waals surface area contributed by atoms with Crippen molar-refractivity contribution in [3.8, 4) is 5.88 Å². The fourth-order valence-electron chi connectivity index (χ4n) is 1.22. The van der Waals surface area contributed by atoms with Crippen LogP contribution in [0.1, 0.15) is 6.92 Å². The predicted octanol–water partition coefficient (Wildman–Crippen LogP) is 3.44. The Bertz CT molecular complexity index is 504. The zero-order valence-corrected chi connectivity index (χ0v) is 10.3. The Morgan fingerprint density at radius 1 is 1.47 bits per heavy atom. The molecular formula is C10H8BrClN2O. The first kappa shape index (κ1) is 10.6. The number of benzene rings is 1. The molecule has 15 heavy (non-hydrogen) atoms. The third kappa shape index (κ3) is 2.06. The Hall–Kier alpha value is -0.870. The molecule has 2 rings (SSSR count). The second kappa shape index (κ2) is 4.33. The van der Waals surface area contributed by atoms with Crippen LogP contribution in [0.5, 0.6) is 5.88 Å². The molecule has 0 atom stereocenters. The lowest BCUT2D eigenvalue weighted by atomic mass is 10.3. The lowest BCUT2D eigenvalue weighted by molar-refractivity contribution is 0.327. The smallest absolute Gasteiger partial charge is 0.232 e. The Kier molecular flexibility index (Phi) is 3.07. The van der Waals surface area contributed by atoms with E-state index in [1.54, 1.807) is 6.20 Å². The van der Waals surface area contributed by atoms with Crippen LogP contribution in [0.2, 0.25) is 5.02 Å². The maximum atomic E-state index is 6.09. The van der Waals surface area contributed by atoms with Crippen LogP contribution in [-0.4, -0.2) is 16.6 Å². The molecule has 0 aliphatic carbocycles. The third-order valence-corrected chi connectivity index (χ3v) is 3.15. The van der Waals surface area contributed by atoms with Gasteiger partial charge in [0.1, 0.15) is 5.52 Å². The van der Waals surface area contributed by atoms with E-state index in [0.717, 1.165) is 9.99 Å². The van der Waals surface area contributed by atoms with E-state index in [0.29, 0.717) is 23.0 Å². The van der Waals surface area contributed by atoms with E-state index in [-0.39, 0.29) is 0 Å². The molecule has 0 bridgehead atoms. The van der Waals surface area contributed by atoms with Gasteiger partial charge in [0.05, 0.1) is 23.3 Å². The standard InChI is InChI=1S/C10H8BrClN2O/c1-2-15-8-5-13-7-4-3-6(11)9(12)10(7)14-8/h3-5H,2H2,1H3. The maximum Gasteiger partial charge on any atom is 0.232 e. The molecule has 0 amide bonds. The molecular weight excluding hydrogens is 279 g/mol. The summed E-state index contributed by atoms with van der Waals surface area (Å²) >= 11 is 9.43. The number of hydrogen-bond acceptors (Lipinski definition) is 3. The molecule has 0 unspecified atom stereocenters. The molecule has 0 fully saturated rings. The monoisotopic (exact) mass is 286 g/mol. The van der Waals surface area contributed by atoms with E-state index in [4.69, 9.17) is 16.3 Å². The first-order valence-electron chi connectivity index (χ1n) is 4.46. The number of ether oxygens (including phenoxy) is 1. The highest BCUT2D eigenvalue weighted by atomic mass is 79.9. The normalized spacial score (nSPS) is 10.6. The van der Waals surface area contributed by atoms with Gasteiger partial charge in [-0.15, -0.1) is 0 Å². The highest BCUT2D eigenvalue weighted by Crippen LogP contribution is 2.29. The molecule has 0 spiro atoms. The molecule has 0 N–H and O–H groups in total. The summed E-state index contributed by atoms with van der Waals surface area (Å²) in [4.78, 5) is 8.49. The van der Waals surface area contributed by atoms with Crippen LogP contribution >= 0.6 is 27.5 Å². The summed E-state index contributed by atoms with van der Waals surface area (Å²) < 4.78 is 6.07. The Labute approximate surface area is 101 Å². The second-order valence-electron chi connectivity index (χ2n) is 2.87. The van der Waals surface area contributed by atoms with Crippen molar-refractivity contribution in [1.82, 2.24) is 9.97 Å². The summed E-state index contributed by atoms with van der Waals surface area (Å²) in [6.07, 6.45) is 1.59. The number of nitrogens with zero attached hydrogens (tertiary/aromatic N) is 2. The van der Waals surface area contributed by atoms with Crippen LogP contribution in [0.15, 0.2) is 22.8 Å². The summed E-state index contributed by atoms with van der Waals surface area (Å²) in [6, 6.07) is 3.70. The quantitative estimate of drug-likeness (QED) is 0.848. The number of fused-ring (bicyclic) bond motifs is 1. The van der Waals surface area contributed by atoms with Crippen molar-refractivity contribution in [3.63, 3.8) is 0 Å². The Morgan fingerprint density at radius 3 is 3.00 bits per heavy atom. The first-order valence-corrected chi connectivity index (χ1v) is 5.63. The van der Waals surface area contributed by atoms with Crippen molar-refractivity contribution < 1.29 is 4.74 Å². The van der Waals surface area contributed by atoms with E-state index in [1.165, 1.54) is 0 Å². The largest absolute Gasteiger partial charge is 0.477 e. The van der Waals surface area contributed by atoms with Gasteiger partial charge in [0, 0.05) is 4.47 Å². The van der Waals surface area contributed by atoms with Crippen LogP contribution in [0.3, 0.4) is 0 Å². The molecule has 1 heterocycles. The highest BCUT2D eigenvalue weighted by molar-refractivity contribution is 9.10. The van der Waals surface area contributed by atoms with E-state index in [9.17, 15) is 0 Å². The van der Waals surface area contributed by atoms with E-state index < -0.39 is 0 Å². The lowest BCUT2D eigenvalue weighted by Crippen LogP contribution is -1.96. The van der Waals surface area contributed by atoms with Crippen LogP contribution in [0, 0.1) is 0 Å². The zero-order chi connectivity index (χ0) is 10.8. The molecule has 1 aromatic heterocycles.